The molecule has 0 spiro atoms. The molecule has 0 saturated heterocycles. The smallest absolute Gasteiger partial charge is 0.236 e. The summed E-state index contributed by atoms with van der Waals surface area (Å²) in [6, 6.07) is 7.81. The first-order chi connectivity index (χ1) is 9.93. The van der Waals surface area contributed by atoms with Crippen LogP contribution in [0.15, 0.2) is 24.3 Å². The minimum Gasteiger partial charge on any atom is -0.496 e. The summed E-state index contributed by atoms with van der Waals surface area (Å²) >= 11 is 0. The van der Waals surface area contributed by atoms with Crippen LogP contribution in [0.2, 0.25) is 0 Å². The van der Waals surface area contributed by atoms with Crippen LogP contribution >= 0.6 is 0 Å². The van der Waals surface area contributed by atoms with E-state index >= 15 is 0 Å². The van der Waals surface area contributed by atoms with Gasteiger partial charge in [0.1, 0.15) is 5.75 Å². The Labute approximate surface area is 128 Å². The monoisotopic (exact) mass is 292 g/mol. The molecule has 0 heterocycles. The number of carbonyl (C=O) groups is 1. The van der Waals surface area contributed by atoms with Crippen molar-refractivity contribution in [3.05, 3.63) is 29.8 Å². The molecule has 0 aliphatic rings. The van der Waals surface area contributed by atoms with Gasteiger partial charge in [-0.3, -0.25) is 9.69 Å². The minimum absolute atomic E-state index is 0.132. The van der Waals surface area contributed by atoms with E-state index in [4.69, 9.17) is 4.74 Å². The molecule has 118 valence electrons. The van der Waals surface area contributed by atoms with Gasteiger partial charge in [0.25, 0.3) is 0 Å². The van der Waals surface area contributed by atoms with Crippen molar-refractivity contribution in [1.82, 2.24) is 9.80 Å². The third-order valence-corrected chi connectivity index (χ3v) is 3.52. The van der Waals surface area contributed by atoms with Crippen molar-refractivity contribution in [2.24, 2.45) is 5.92 Å². The summed E-state index contributed by atoms with van der Waals surface area (Å²) in [4.78, 5) is 16.1. The highest BCUT2D eigenvalue weighted by molar-refractivity contribution is 5.78. The lowest BCUT2D eigenvalue weighted by Gasteiger charge is -2.23. The fourth-order valence-electron chi connectivity index (χ4n) is 2.09. The quantitative estimate of drug-likeness (QED) is 0.738. The van der Waals surface area contributed by atoms with Gasteiger partial charge in [0.05, 0.1) is 13.7 Å². The van der Waals surface area contributed by atoms with Crippen molar-refractivity contribution < 1.29 is 9.53 Å². The zero-order valence-electron chi connectivity index (χ0n) is 13.9. The van der Waals surface area contributed by atoms with E-state index in [0.717, 1.165) is 24.3 Å². The first kappa shape index (κ1) is 17.5. The van der Waals surface area contributed by atoms with Crippen LogP contribution in [-0.4, -0.2) is 50.0 Å². The highest BCUT2D eigenvalue weighted by Gasteiger charge is 2.14. The van der Waals surface area contributed by atoms with Crippen LogP contribution in [0.25, 0.3) is 0 Å². The lowest BCUT2D eigenvalue weighted by molar-refractivity contribution is -0.131. The largest absolute Gasteiger partial charge is 0.496 e. The first-order valence-corrected chi connectivity index (χ1v) is 7.48. The summed E-state index contributed by atoms with van der Waals surface area (Å²) in [6.07, 6.45) is 1.11. The van der Waals surface area contributed by atoms with Crippen molar-refractivity contribution in [1.29, 1.82) is 0 Å². The summed E-state index contributed by atoms with van der Waals surface area (Å²) in [5.41, 5.74) is 1.03. The van der Waals surface area contributed by atoms with E-state index in [1.54, 1.807) is 12.0 Å². The van der Waals surface area contributed by atoms with Gasteiger partial charge in [0.15, 0.2) is 0 Å². The maximum absolute atomic E-state index is 12.2. The number of amides is 1. The van der Waals surface area contributed by atoms with Gasteiger partial charge in [-0.15, -0.1) is 0 Å². The number of hydrogen-bond acceptors (Lipinski definition) is 3. The molecule has 0 bridgehead atoms. The number of nitrogens with zero attached hydrogens (tertiary/aromatic N) is 2. The molecule has 0 N–H and O–H groups in total. The van der Waals surface area contributed by atoms with Gasteiger partial charge in [0, 0.05) is 19.2 Å². The molecule has 1 aromatic carbocycles. The summed E-state index contributed by atoms with van der Waals surface area (Å²) in [7, 11) is 5.49. The average molecular weight is 292 g/mol. The Bertz CT molecular complexity index is 446. The highest BCUT2D eigenvalue weighted by Crippen LogP contribution is 2.18. The van der Waals surface area contributed by atoms with Crippen LogP contribution in [0.1, 0.15) is 25.8 Å². The highest BCUT2D eigenvalue weighted by atomic mass is 16.5. The molecule has 1 rings (SSSR count). The van der Waals surface area contributed by atoms with Gasteiger partial charge in [-0.05, 0) is 32.0 Å². The molecule has 4 nitrogen and oxygen atoms in total. The van der Waals surface area contributed by atoms with E-state index in [2.05, 4.69) is 18.7 Å². The molecule has 4 heteroatoms. The van der Waals surface area contributed by atoms with Gasteiger partial charge in [-0.1, -0.05) is 32.0 Å². The number of likely N-dealkylation sites (N-methyl/N-ethyl adjacent to an activating group) is 2. The molecule has 0 aromatic heterocycles. The number of carbonyl (C=O) groups excluding carboxylic acids is 1. The fraction of sp³-hybridized carbons (Fsp3) is 0.588. The maximum atomic E-state index is 12.2. The Kier molecular flexibility index (Phi) is 7.23. The molecule has 21 heavy (non-hydrogen) atoms. The summed E-state index contributed by atoms with van der Waals surface area (Å²) in [6.45, 7) is 6.37. The molecule has 0 saturated carbocycles. The Morgan fingerprint density at radius 2 is 1.90 bits per heavy atom. The summed E-state index contributed by atoms with van der Waals surface area (Å²) < 4.78 is 5.32. The molecule has 0 unspecified atom stereocenters. The van der Waals surface area contributed by atoms with Gasteiger partial charge >= 0.3 is 0 Å². The lowest BCUT2D eigenvalue weighted by Crippen LogP contribution is -2.36. The SMILES string of the molecule is COc1ccccc1CN(C)C(=O)CN(C)CCC(C)C. The molecule has 0 aliphatic carbocycles. The van der Waals surface area contributed by atoms with Gasteiger partial charge < -0.3 is 9.64 Å². The van der Waals surface area contributed by atoms with Crippen LogP contribution in [0.3, 0.4) is 0 Å². The summed E-state index contributed by atoms with van der Waals surface area (Å²) in [5.74, 6) is 1.62. The first-order valence-electron chi connectivity index (χ1n) is 7.48. The van der Waals surface area contributed by atoms with Crippen molar-refractivity contribution in [3.8, 4) is 5.75 Å². The lowest BCUT2D eigenvalue weighted by atomic mass is 10.1. The predicted molar refractivity (Wildman–Crippen MR) is 86.4 cm³/mol. The standard InChI is InChI=1S/C17H28N2O2/c1-14(2)10-11-18(3)13-17(20)19(4)12-15-8-6-7-9-16(15)21-5/h6-9,14H,10-13H2,1-5H3. The van der Waals surface area contributed by atoms with E-state index in [0.29, 0.717) is 19.0 Å². The Hall–Kier alpha value is -1.55. The van der Waals surface area contributed by atoms with Crippen molar-refractivity contribution in [2.75, 3.05) is 34.3 Å². The number of para-hydroxylation sites is 1. The predicted octanol–water partition coefficient (Wildman–Crippen LogP) is 2.63. The van der Waals surface area contributed by atoms with E-state index in [1.807, 2.05) is 38.4 Å². The zero-order valence-corrected chi connectivity index (χ0v) is 13.9. The molecule has 0 atom stereocenters. The maximum Gasteiger partial charge on any atom is 0.236 e. The second kappa shape index (κ2) is 8.67. The van der Waals surface area contributed by atoms with Gasteiger partial charge in [0.2, 0.25) is 5.91 Å². The molecule has 0 aliphatic heterocycles. The number of hydrogen-bond donors (Lipinski definition) is 0. The van der Waals surface area contributed by atoms with E-state index in [-0.39, 0.29) is 5.91 Å². The van der Waals surface area contributed by atoms with Crippen LogP contribution in [0.5, 0.6) is 5.75 Å². The molecule has 1 amide bonds. The molecule has 0 radical (unpaired) electrons. The van der Waals surface area contributed by atoms with Crippen molar-refractivity contribution >= 4 is 5.91 Å². The molecule has 0 fully saturated rings. The molecular weight excluding hydrogens is 264 g/mol. The average Bonchev–Trinajstić information content (AvgIpc) is 2.45. The normalized spacial score (nSPS) is 11.0. The van der Waals surface area contributed by atoms with E-state index in [1.165, 1.54) is 0 Å². The number of rotatable bonds is 8. The van der Waals surface area contributed by atoms with Crippen LogP contribution < -0.4 is 4.74 Å². The Morgan fingerprint density at radius 3 is 2.52 bits per heavy atom. The number of benzene rings is 1. The van der Waals surface area contributed by atoms with Crippen molar-refractivity contribution in [3.63, 3.8) is 0 Å². The third kappa shape index (κ3) is 6.17. The van der Waals surface area contributed by atoms with E-state index in [9.17, 15) is 4.79 Å². The molecule has 1 aromatic rings. The topological polar surface area (TPSA) is 32.8 Å². The molecular formula is C17H28N2O2. The van der Waals surface area contributed by atoms with E-state index < -0.39 is 0 Å². The Balaban J connectivity index is 2.51. The number of ether oxygens (including phenoxy) is 1. The van der Waals surface area contributed by atoms with Crippen molar-refractivity contribution in [2.45, 2.75) is 26.8 Å². The number of methoxy groups -OCH3 is 1. The summed E-state index contributed by atoms with van der Waals surface area (Å²) in [5, 5.41) is 0. The fourth-order valence-corrected chi connectivity index (χ4v) is 2.09. The minimum atomic E-state index is 0.132. The van der Waals surface area contributed by atoms with Gasteiger partial charge in [-0.25, -0.2) is 0 Å². The van der Waals surface area contributed by atoms with Crippen LogP contribution in [-0.2, 0) is 11.3 Å². The van der Waals surface area contributed by atoms with Gasteiger partial charge in [-0.2, -0.15) is 0 Å². The third-order valence-electron chi connectivity index (χ3n) is 3.52. The zero-order chi connectivity index (χ0) is 15.8. The Morgan fingerprint density at radius 1 is 1.24 bits per heavy atom. The second-order valence-corrected chi connectivity index (χ2v) is 5.98. The second-order valence-electron chi connectivity index (χ2n) is 5.98. The van der Waals surface area contributed by atoms with Crippen LogP contribution in [0.4, 0.5) is 0 Å². The van der Waals surface area contributed by atoms with Crippen LogP contribution in [0, 0.1) is 5.92 Å².